The van der Waals surface area contributed by atoms with Crippen LogP contribution in [0.5, 0.6) is 0 Å². The molecule has 0 aromatic heterocycles. The molecule has 1 atom stereocenters. The van der Waals surface area contributed by atoms with Crippen molar-refractivity contribution in [3.8, 4) is 0 Å². The van der Waals surface area contributed by atoms with E-state index >= 15 is 0 Å². The van der Waals surface area contributed by atoms with E-state index in [1.165, 1.54) is 0 Å². The minimum atomic E-state index is -0.501. The largest absolute Gasteiger partial charge is 0.463 e. The molecule has 0 unspecified atom stereocenters. The summed E-state index contributed by atoms with van der Waals surface area (Å²) in [7, 11) is 0. The van der Waals surface area contributed by atoms with Crippen molar-refractivity contribution in [1.29, 1.82) is 0 Å². The molecule has 1 heterocycles. The van der Waals surface area contributed by atoms with Gasteiger partial charge in [-0.05, 0) is 31.5 Å². The van der Waals surface area contributed by atoms with Crippen LogP contribution < -0.4 is 5.32 Å². The van der Waals surface area contributed by atoms with Crippen LogP contribution in [-0.4, -0.2) is 18.5 Å². The molecule has 4 nitrogen and oxygen atoms in total. The van der Waals surface area contributed by atoms with Crippen molar-refractivity contribution < 1.29 is 14.3 Å². The molecule has 0 aliphatic carbocycles. The molecule has 21 heavy (non-hydrogen) atoms. The molecule has 1 aromatic carbocycles. The molecule has 1 N–H and O–H groups in total. The van der Waals surface area contributed by atoms with Gasteiger partial charge in [0.25, 0.3) is 0 Å². The second kappa shape index (κ2) is 6.50. The lowest BCUT2D eigenvalue weighted by molar-refractivity contribution is -0.139. The second-order valence-electron chi connectivity index (χ2n) is 4.70. The summed E-state index contributed by atoms with van der Waals surface area (Å²) in [6.45, 7) is 3.65. The lowest BCUT2D eigenvalue weighted by Gasteiger charge is -2.27. The summed E-state index contributed by atoms with van der Waals surface area (Å²) in [5.41, 5.74) is 1.45. The number of amides is 1. The van der Waals surface area contributed by atoms with E-state index in [-0.39, 0.29) is 18.9 Å². The van der Waals surface area contributed by atoms with Gasteiger partial charge in [0.1, 0.15) is 0 Å². The zero-order chi connectivity index (χ0) is 15.6. The molecule has 0 saturated carbocycles. The Bertz CT molecular complexity index is 605. The number of allylic oxidation sites excluding steroid dienone is 1. The van der Waals surface area contributed by atoms with Crippen LogP contribution in [0.15, 0.2) is 29.5 Å². The number of nitrogens with one attached hydrogen (secondary N) is 1. The van der Waals surface area contributed by atoms with Crippen LogP contribution in [0.25, 0.3) is 0 Å². The third-order valence-electron chi connectivity index (χ3n) is 3.31. The Morgan fingerprint density at radius 2 is 2.00 bits per heavy atom. The summed E-state index contributed by atoms with van der Waals surface area (Å²) in [4.78, 5) is 24.0. The first-order valence-corrected chi connectivity index (χ1v) is 7.33. The average molecular weight is 328 g/mol. The molecule has 1 aromatic rings. The highest BCUT2D eigenvalue weighted by Crippen LogP contribution is 2.40. The number of hydrogen-bond acceptors (Lipinski definition) is 3. The van der Waals surface area contributed by atoms with Gasteiger partial charge >= 0.3 is 5.97 Å². The number of benzene rings is 1. The first kappa shape index (κ1) is 15.9. The van der Waals surface area contributed by atoms with E-state index < -0.39 is 11.9 Å². The van der Waals surface area contributed by atoms with Crippen LogP contribution in [-0.2, 0) is 14.3 Å². The van der Waals surface area contributed by atoms with E-state index in [0.29, 0.717) is 26.9 Å². The van der Waals surface area contributed by atoms with Gasteiger partial charge in [0, 0.05) is 28.1 Å². The van der Waals surface area contributed by atoms with Crippen LogP contribution in [0, 0.1) is 0 Å². The lowest BCUT2D eigenvalue weighted by Crippen LogP contribution is -2.34. The standard InChI is InChI=1S/C15H15Cl2NO3/c1-3-21-15(20)13-8(2)18-12(19)7-9(13)14-10(16)5-4-6-11(14)17/h4-6,9H,3,7H2,1-2H3,(H,18,19)/t9-/m1/s1. The average Bonchev–Trinajstić information content (AvgIpc) is 2.37. The number of halogens is 2. The van der Waals surface area contributed by atoms with Crippen molar-refractivity contribution in [2.75, 3.05) is 6.61 Å². The summed E-state index contributed by atoms with van der Waals surface area (Å²) >= 11 is 12.4. The third-order valence-corrected chi connectivity index (χ3v) is 3.97. The zero-order valence-electron chi connectivity index (χ0n) is 11.7. The number of carbonyl (C=O) groups excluding carboxylic acids is 2. The van der Waals surface area contributed by atoms with Crippen LogP contribution in [0.3, 0.4) is 0 Å². The van der Waals surface area contributed by atoms with Crippen molar-refractivity contribution in [1.82, 2.24) is 5.32 Å². The highest BCUT2D eigenvalue weighted by atomic mass is 35.5. The van der Waals surface area contributed by atoms with Gasteiger partial charge in [-0.3, -0.25) is 4.79 Å². The molecule has 0 saturated heterocycles. The Morgan fingerprint density at radius 1 is 1.38 bits per heavy atom. The predicted molar refractivity (Wildman–Crippen MR) is 81.3 cm³/mol. The molecule has 1 aliphatic heterocycles. The summed E-state index contributed by atoms with van der Waals surface area (Å²) in [6.07, 6.45) is 0.106. The van der Waals surface area contributed by atoms with Gasteiger partial charge in [-0.25, -0.2) is 4.79 Å². The Kier molecular flexibility index (Phi) is 4.91. The zero-order valence-corrected chi connectivity index (χ0v) is 13.2. The van der Waals surface area contributed by atoms with E-state index in [1.54, 1.807) is 32.0 Å². The smallest absolute Gasteiger partial charge is 0.336 e. The SMILES string of the molecule is CCOC(=O)C1=C(C)NC(=O)C[C@H]1c1c(Cl)cccc1Cl. The van der Waals surface area contributed by atoms with Gasteiger partial charge in [0.2, 0.25) is 5.91 Å². The molecular formula is C15H15Cl2NO3. The summed E-state index contributed by atoms with van der Waals surface area (Å²) in [6, 6.07) is 5.10. The molecule has 0 bridgehead atoms. The van der Waals surface area contributed by atoms with E-state index in [2.05, 4.69) is 5.32 Å². The Morgan fingerprint density at radius 3 is 2.57 bits per heavy atom. The second-order valence-corrected chi connectivity index (χ2v) is 5.51. The normalized spacial score (nSPS) is 18.5. The Hall–Kier alpha value is -1.52. The van der Waals surface area contributed by atoms with Crippen LogP contribution in [0.4, 0.5) is 0 Å². The lowest BCUT2D eigenvalue weighted by atomic mass is 9.84. The first-order chi connectivity index (χ1) is 9.95. The van der Waals surface area contributed by atoms with Crippen molar-refractivity contribution in [3.63, 3.8) is 0 Å². The maximum absolute atomic E-state index is 12.2. The Labute approximate surface area is 133 Å². The fourth-order valence-electron chi connectivity index (χ4n) is 2.47. The van der Waals surface area contributed by atoms with Gasteiger partial charge in [-0.1, -0.05) is 29.3 Å². The molecule has 6 heteroatoms. The van der Waals surface area contributed by atoms with E-state index in [4.69, 9.17) is 27.9 Å². The third kappa shape index (κ3) is 3.22. The van der Waals surface area contributed by atoms with Gasteiger partial charge < -0.3 is 10.1 Å². The molecular weight excluding hydrogens is 313 g/mol. The summed E-state index contributed by atoms with van der Waals surface area (Å²) in [5.74, 6) is -1.14. The van der Waals surface area contributed by atoms with Crippen LogP contribution >= 0.6 is 23.2 Å². The highest BCUT2D eigenvalue weighted by Gasteiger charge is 2.34. The summed E-state index contributed by atoms with van der Waals surface area (Å²) < 4.78 is 5.08. The van der Waals surface area contributed by atoms with Crippen LogP contribution in [0.1, 0.15) is 31.7 Å². The number of ether oxygens (including phenoxy) is 1. The number of esters is 1. The van der Waals surface area contributed by atoms with E-state index in [9.17, 15) is 9.59 Å². The summed E-state index contributed by atoms with van der Waals surface area (Å²) in [5, 5.41) is 3.52. The maximum Gasteiger partial charge on any atom is 0.336 e. The van der Waals surface area contributed by atoms with Gasteiger partial charge in [-0.15, -0.1) is 0 Å². The molecule has 0 spiro atoms. The minimum absolute atomic E-state index is 0.106. The number of carbonyl (C=O) groups is 2. The Balaban J connectivity index is 2.55. The molecule has 0 radical (unpaired) electrons. The first-order valence-electron chi connectivity index (χ1n) is 6.57. The van der Waals surface area contributed by atoms with Crippen molar-refractivity contribution in [3.05, 3.63) is 45.1 Å². The predicted octanol–water partition coefficient (Wildman–Crippen LogP) is 3.43. The van der Waals surface area contributed by atoms with Crippen molar-refractivity contribution >= 4 is 35.1 Å². The quantitative estimate of drug-likeness (QED) is 0.865. The maximum atomic E-state index is 12.2. The monoisotopic (exact) mass is 327 g/mol. The molecule has 0 fully saturated rings. The fraction of sp³-hybridized carbons (Fsp3) is 0.333. The molecule has 112 valence electrons. The topological polar surface area (TPSA) is 55.4 Å². The number of rotatable bonds is 3. The molecule has 1 amide bonds. The molecule has 2 rings (SSSR count). The fourth-order valence-corrected chi connectivity index (χ4v) is 3.13. The van der Waals surface area contributed by atoms with Gasteiger partial charge in [0.15, 0.2) is 0 Å². The van der Waals surface area contributed by atoms with E-state index in [1.807, 2.05) is 0 Å². The number of hydrogen-bond donors (Lipinski definition) is 1. The van der Waals surface area contributed by atoms with Crippen molar-refractivity contribution in [2.24, 2.45) is 0 Å². The van der Waals surface area contributed by atoms with Crippen LogP contribution in [0.2, 0.25) is 10.0 Å². The minimum Gasteiger partial charge on any atom is -0.463 e. The molecule has 1 aliphatic rings. The van der Waals surface area contributed by atoms with Gasteiger partial charge in [-0.2, -0.15) is 0 Å². The highest BCUT2D eigenvalue weighted by molar-refractivity contribution is 6.36. The van der Waals surface area contributed by atoms with E-state index in [0.717, 1.165) is 0 Å². The van der Waals surface area contributed by atoms with Gasteiger partial charge in [0.05, 0.1) is 12.2 Å². The van der Waals surface area contributed by atoms with Crippen molar-refractivity contribution in [2.45, 2.75) is 26.2 Å².